The molecule has 0 saturated carbocycles. The van der Waals surface area contributed by atoms with E-state index in [2.05, 4.69) is 20.6 Å². The number of aromatic nitrogens is 4. The van der Waals surface area contributed by atoms with E-state index in [-0.39, 0.29) is 24.0 Å². The van der Waals surface area contributed by atoms with E-state index in [1.807, 2.05) is 0 Å². The van der Waals surface area contributed by atoms with Gasteiger partial charge in [0.25, 0.3) is 0 Å². The summed E-state index contributed by atoms with van der Waals surface area (Å²) in [6.45, 7) is 0.483. The molecule has 2 heterocycles. The molecular weight excluding hydrogens is 402 g/mol. The van der Waals surface area contributed by atoms with Crippen molar-refractivity contribution in [1.29, 1.82) is 0 Å². The number of carbonyl (C=O) groups is 1. The maximum absolute atomic E-state index is 13.1. The number of aryl methyl sites for hydroxylation is 1. The standard InChI is InChI=1S/C22H20F2N6O/c1-29(18-8-6-17(24)7-9-18)22(31)13-12-21-27-26-20-11-10-19(28-30(20)21)25-14-15-2-4-16(23)5-3-15/h2-11H,12-14H2,1H3,(H,25,28). The fourth-order valence-corrected chi connectivity index (χ4v) is 3.07. The molecule has 2 aromatic heterocycles. The van der Waals surface area contributed by atoms with Crippen molar-refractivity contribution in [3.8, 4) is 0 Å². The molecule has 0 atom stereocenters. The summed E-state index contributed by atoms with van der Waals surface area (Å²) in [6.07, 6.45) is 0.545. The number of rotatable bonds is 7. The Morgan fingerprint density at radius 2 is 1.65 bits per heavy atom. The van der Waals surface area contributed by atoms with Crippen molar-refractivity contribution in [2.75, 3.05) is 17.3 Å². The Morgan fingerprint density at radius 1 is 0.968 bits per heavy atom. The zero-order valence-corrected chi connectivity index (χ0v) is 16.8. The Labute approximate surface area is 177 Å². The third kappa shape index (κ3) is 4.82. The third-order valence-electron chi connectivity index (χ3n) is 4.86. The van der Waals surface area contributed by atoms with E-state index >= 15 is 0 Å². The SMILES string of the molecule is CN(C(=O)CCc1nnc2ccc(NCc3ccc(F)cc3)nn12)c1ccc(F)cc1. The van der Waals surface area contributed by atoms with Gasteiger partial charge in [-0.05, 0) is 54.1 Å². The van der Waals surface area contributed by atoms with Gasteiger partial charge in [0.1, 0.15) is 17.5 Å². The summed E-state index contributed by atoms with van der Waals surface area (Å²) in [5.41, 5.74) is 2.10. The Balaban J connectivity index is 1.41. The smallest absolute Gasteiger partial charge is 0.227 e. The molecule has 31 heavy (non-hydrogen) atoms. The second kappa shape index (κ2) is 8.86. The molecule has 0 radical (unpaired) electrons. The topological polar surface area (TPSA) is 75.4 Å². The number of nitrogens with one attached hydrogen (secondary N) is 1. The summed E-state index contributed by atoms with van der Waals surface area (Å²) >= 11 is 0. The van der Waals surface area contributed by atoms with Crippen LogP contribution < -0.4 is 10.2 Å². The number of nitrogens with zero attached hydrogens (tertiary/aromatic N) is 5. The summed E-state index contributed by atoms with van der Waals surface area (Å²) in [6, 6.07) is 15.5. The first-order valence-corrected chi connectivity index (χ1v) is 9.71. The lowest BCUT2D eigenvalue weighted by Crippen LogP contribution is -2.26. The Hall–Kier alpha value is -3.88. The van der Waals surface area contributed by atoms with Crippen molar-refractivity contribution in [1.82, 2.24) is 19.8 Å². The van der Waals surface area contributed by atoms with E-state index in [1.54, 1.807) is 48.0 Å². The van der Waals surface area contributed by atoms with Crippen molar-refractivity contribution < 1.29 is 13.6 Å². The zero-order chi connectivity index (χ0) is 21.8. The first-order valence-electron chi connectivity index (χ1n) is 9.71. The van der Waals surface area contributed by atoms with E-state index in [9.17, 15) is 13.6 Å². The Kier molecular flexibility index (Phi) is 5.83. The van der Waals surface area contributed by atoms with Crippen LogP contribution in [0.2, 0.25) is 0 Å². The maximum atomic E-state index is 13.1. The van der Waals surface area contributed by atoms with Gasteiger partial charge in [0, 0.05) is 32.1 Å². The lowest BCUT2D eigenvalue weighted by molar-refractivity contribution is -0.118. The van der Waals surface area contributed by atoms with E-state index in [0.717, 1.165) is 5.56 Å². The summed E-state index contributed by atoms with van der Waals surface area (Å²) in [5.74, 6) is 0.398. The van der Waals surface area contributed by atoms with Crippen molar-refractivity contribution in [3.63, 3.8) is 0 Å². The first-order chi connectivity index (χ1) is 15.0. The van der Waals surface area contributed by atoms with E-state index in [0.29, 0.717) is 35.9 Å². The fraction of sp³-hybridized carbons (Fsp3) is 0.182. The summed E-state index contributed by atoms with van der Waals surface area (Å²) < 4.78 is 27.7. The molecule has 158 valence electrons. The zero-order valence-electron chi connectivity index (χ0n) is 16.8. The molecule has 0 aliphatic carbocycles. The van der Waals surface area contributed by atoms with Gasteiger partial charge in [-0.1, -0.05) is 12.1 Å². The maximum Gasteiger partial charge on any atom is 0.227 e. The highest BCUT2D eigenvalue weighted by molar-refractivity contribution is 5.92. The van der Waals surface area contributed by atoms with Crippen molar-refractivity contribution >= 4 is 23.1 Å². The minimum absolute atomic E-state index is 0.131. The lowest BCUT2D eigenvalue weighted by Gasteiger charge is -2.17. The molecule has 0 saturated heterocycles. The van der Waals surface area contributed by atoms with Crippen LogP contribution in [0, 0.1) is 11.6 Å². The molecule has 2 aromatic carbocycles. The van der Waals surface area contributed by atoms with Crippen molar-refractivity contribution in [3.05, 3.63) is 83.7 Å². The molecule has 1 N–H and O–H groups in total. The molecule has 4 rings (SSSR count). The monoisotopic (exact) mass is 422 g/mol. The molecular formula is C22H20F2N6O. The third-order valence-corrected chi connectivity index (χ3v) is 4.86. The van der Waals surface area contributed by atoms with Crippen LogP contribution >= 0.6 is 0 Å². The van der Waals surface area contributed by atoms with Crippen molar-refractivity contribution in [2.45, 2.75) is 19.4 Å². The second-order valence-corrected chi connectivity index (χ2v) is 7.01. The number of amides is 1. The molecule has 0 aliphatic heterocycles. The number of hydrogen-bond donors (Lipinski definition) is 1. The van der Waals surface area contributed by atoms with Gasteiger partial charge >= 0.3 is 0 Å². The van der Waals surface area contributed by atoms with Gasteiger partial charge in [-0.2, -0.15) is 4.52 Å². The number of benzene rings is 2. The highest BCUT2D eigenvalue weighted by Gasteiger charge is 2.14. The largest absolute Gasteiger partial charge is 0.365 e. The molecule has 0 fully saturated rings. The normalized spacial score (nSPS) is 10.9. The molecule has 4 aromatic rings. The van der Waals surface area contributed by atoms with Gasteiger partial charge < -0.3 is 10.2 Å². The van der Waals surface area contributed by atoms with Gasteiger partial charge in [0.15, 0.2) is 11.5 Å². The second-order valence-electron chi connectivity index (χ2n) is 7.01. The summed E-state index contributed by atoms with van der Waals surface area (Å²) in [7, 11) is 1.65. The van der Waals surface area contributed by atoms with E-state index in [1.165, 1.54) is 29.2 Å². The van der Waals surface area contributed by atoms with Crippen LogP contribution in [0.4, 0.5) is 20.3 Å². The highest BCUT2D eigenvalue weighted by Crippen LogP contribution is 2.15. The predicted octanol–water partition coefficient (Wildman–Crippen LogP) is 3.61. The van der Waals surface area contributed by atoms with Crippen LogP contribution in [-0.4, -0.2) is 32.8 Å². The fourth-order valence-electron chi connectivity index (χ4n) is 3.07. The van der Waals surface area contributed by atoms with E-state index < -0.39 is 0 Å². The number of fused-ring (bicyclic) bond motifs is 1. The van der Waals surface area contributed by atoms with Crippen LogP contribution in [0.25, 0.3) is 5.65 Å². The minimum Gasteiger partial charge on any atom is -0.365 e. The molecule has 7 nitrogen and oxygen atoms in total. The number of halogens is 2. The average molecular weight is 422 g/mol. The molecule has 0 bridgehead atoms. The van der Waals surface area contributed by atoms with Gasteiger partial charge in [-0.25, -0.2) is 8.78 Å². The molecule has 9 heteroatoms. The molecule has 1 amide bonds. The van der Waals surface area contributed by atoms with Crippen molar-refractivity contribution in [2.24, 2.45) is 0 Å². The molecule has 0 aliphatic rings. The molecule has 0 spiro atoms. The lowest BCUT2D eigenvalue weighted by atomic mass is 10.2. The number of carbonyl (C=O) groups excluding carboxylic acids is 1. The number of hydrogen-bond acceptors (Lipinski definition) is 5. The predicted molar refractivity (Wildman–Crippen MR) is 113 cm³/mol. The Bertz CT molecular complexity index is 1190. The van der Waals surface area contributed by atoms with Crippen LogP contribution in [0.5, 0.6) is 0 Å². The average Bonchev–Trinajstić information content (AvgIpc) is 3.19. The van der Waals surface area contributed by atoms with Gasteiger partial charge in [-0.15, -0.1) is 15.3 Å². The van der Waals surface area contributed by atoms with Gasteiger partial charge in [0.05, 0.1) is 0 Å². The van der Waals surface area contributed by atoms with Gasteiger partial charge in [-0.3, -0.25) is 4.79 Å². The molecule has 0 unspecified atom stereocenters. The van der Waals surface area contributed by atoms with Crippen LogP contribution in [0.1, 0.15) is 17.8 Å². The van der Waals surface area contributed by atoms with Crippen LogP contribution in [0.15, 0.2) is 60.7 Å². The summed E-state index contributed by atoms with van der Waals surface area (Å²) in [5, 5.41) is 15.9. The summed E-state index contributed by atoms with van der Waals surface area (Å²) in [4.78, 5) is 14.0. The first kappa shape index (κ1) is 20.4. The Morgan fingerprint density at radius 3 is 2.35 bits per heavy atom. The van der Waals surface area contributed by atoms with Crippen LogP contribution in [0.3, 0.4) is 0 Å². The van der Waals surface area contributed by atoms with E-state index in [4.69, 9.17) is 0 Å². The van der Waals surface area contributed by atoms with Gasteiger partial charge in [0.2, 0.25) is 5.91 Å². The van der Waals surface area contributed by atoms with Crippen LogP contribution in [-0.2, 0) is 17.8 Å². The highest BCUT2D eigenvalue weighted by atomic mass is 19.1. The quantitative estimate of drug-likeness (QED) is 0.493. The number of anilines is 2. The minimum atomic E-state index is -0.352.